The van der Waals surface area contributed by atoms with Crippen LogP contribution in [0.1, 0.15) is 18.7 Å². The smallest absolute Gasteiger partial charge is 0.120 e. The Kier molecular flexibility index (Phi) is 4.59. The van der Waals surface area contributed by atoms with E-state index >= 15 is 0 Å². The molecule has 1 aromatic rings. The zero-order valence-corrected chi connectivity index (χ0v) is 12.3. The minimum Gasteiger partial charge on any atom is -0.497 e. The van der Waals surface area contributed by atoms with Crippen LogP contribution in [0, 0.1) is 0 Å². The molecule has 100 valence electrons. The highest BCUT2D eigenvalue weighted by Gasteiger charge is 2.37. The fourth-order valence-electron chi connectivity index (χ4n) is 1.85. The number of rotatable bonds is 2. The molecule has 1 aromatic carbocycles. The Balaban J connectivity index is 2.24. The molecule has 2 rings (SSSR count). The Bertz CT molecular complexity index is 403. The second-order valence-electron chi connectivity index (χ2n) is 4.06. The van der Waals surface area contributed by atoms with Crippen LogP contribution in [0.5, 0.6) is 5.75 Å². The van der Waals surface area contributed by atoms with Gasteiger partial charge in [0.2, 0.25) is 0 Å². The summed E-state index contributed by atoms with van der Waals surface area (Å²) in [5.41, 5.74) is 0.984. The van der Waals surface area contributed by atoms with E-state index in [0.717, 1.165) is 11.3 Å². The Hall–Kier alpha value is -0.230. The van der Waals surface area contributed by atoms with Crippen molar-refractivity contribution >= 4 is 35.3 Å². The molecule has 7 heteroatoms. The summed E-state index contributed by atoms with van der Waals surface area (Å²) in [6.45, 7) is 2.34. The van der Waals surface area contributed by atoms with E-state index in [1.165, 1.54) is 0 Å². The van der Waals surface area contributed by atoms with Crippen molar-refractivity contribution < 1.29 is 4.74 Å². The first-order chi connectivity index (χ1) is 8.54. The summed E-state index contributed by atoms with van der Waals surface area (Å²) in [6.07, 6.45) is -0.348. The summed E-state index contributed by atoms with van der Waals surface area (Å²) in [4.78, 5) is 0. The molecule has 4 nitrogen and oxygen atoms in total. The number of hydrogen-bond donors (Lipinski definition) is 0. The standard InChI is InChI=1S/C11H14Cl3N3O/c1-8-15(12)7-16(13)11(17(8)14)9-3-5-10(18-2)6-4-9/h3-6,8,11H,7H2,1-2H3. The molecule has 1 saturated heterocycles. The second kappa shape index (κ2) is 5.82. The average molecular weight is 311 g/mol. The van der Waals surface area contributed by atoms with Crippen molar-refractivity contribution in [2.24, 2.45) is 0 Å². The van der Waals surface area contributed by atoms with Gasteiger partial charge in [0.05, 0.1) is 19.9 Å². The maximum atomic E-state index is 6.28. The molecule has 1 fully saturated rings. The third-order valence-electron chi connectivity index (χ3n) is 2.95. The van der Waals surface area contributed by atoms with Gasteiger partial charge in [0.15, 0.2) is 0 Å². The topological polar surface area (TPSA) is 19.0 Å². The summed E-state index contributed by atoms with van der Waals surface area (Å²) in [6, 6.07) is 7.63. The molecular formula is C11H14Cl3N3O. The molecule has 2 atom stereocenters. The monoisotopic (exact) mass is 309 g/mol. The van der Waals surface area contributed by atoms with Crippen LogP contribution in [0.15, 0.2) is 24.3 Å². The highest BCUT2D eigenvalue weighted by molar-refractivity contribution is 6.18. The predicted octanol–water partition coefficient (Wildman–Crippen LogP) is 3.38. The number of nitrogens with zero attached hydrogens (tertiary/aromatic N) is 3. The lowest BCUT2D eigenvalue weighted by Crippen LogP contribution is -2.52. The van der Waals surface area contributed by atoms with E-state index in [-0.39, 0.29) is 12.3 Å². The van der Waals surface area contributed by atoms with E-state index in [4.69, 9.17) is 40.1 Å². The molecule has 0 radical (unpaired) electrons. The van der Waals surface area contributed by atoms with Gasteiger partial charge in [0, 0.05) is 0 Å². The zero-order chi connectivity index (χ0) is 13.3. The third-order valence-corrected chi connectivity index (χ3v) is 4.09. The van der Waals surface area contributed by atoms with Gasteiger partial charge in [-0.15, -0.1) is 0 Å². The lowest BCUT2D eigenvalue weighted by atomic mass is 10.1. The van der Waals surface area contributed by atoms with Gasteiger partial charge in [-0.2, -0.15) is 13.3 Å². The van der Waals surface area contributed by atoms with Gasteiger partial charge in [-0.1, -0.05) is 12.1 Å². The van der Waals surface area contributed by atoms with Crippen LogP contribution in [0.2, 0.25) is 0 Å². The lowest BCUT2D eigenvalue weighted by molar-refractivity contribution is 0.0111. The molecule has 0 saturated carbocycles. The summed E-state index contributed by atoms with van der Waals surface area (Å²) < 4.78 is 9.81. The molecule has 1 aliphatic rings. The average Bonchev–Trinajstić information content (AvgIpc) is 2.37. The maximum Gasteiger partial charge on any atom is 0.120 e. The molecule has 2 unspecified atom stereocenters. The zero-order valence-electron chi connectivity index (χ0n) is 10.1. The van der Waals surface area contributed by atoms with Crippen LogP contribution in [0.25, 0.3) is 0 Å². The normalized spacial score (nSPS) is 27.4. The maximum absolute atomic E-state index is 6.28. The third kappa shape index (κ3) is 2.69. The first kappa shape index (κ1) is 14.2. The quantitative estimate of drug-likeness (QED) is 0.780. The molecular weight excluding hydrogens is 296 g/mol. The van der Waals surface area contributed by atoms with E-state index in [0.29, 0.717) is 6.67 Å². The summed E-state index contributed by atoms with van der Waals surface area (Å²) in [7, 11) is 1.63. The van der Waals surface area contributed by atoms with E-state index in [1.54, 1.807) is 20.4 Å². The molecule has 0 aromatic heterocycles. The number of benzene rings is 1. The highest BCUT2D eigenvalue weighted by atomic mass is 35.5. The van der Waals surface area contributed by atoms with Crippen LogP contribution in [0.4, 0.5) is 0 Å². The molecule has 0 amide bonds. The number of methoxy groups -OCH3 is 1. The van der Waals surface area contributed by atoms with Gasteiger partial charge < -0.3 is 4.74 Å². The van der Waals surface area contributed by atoms with Gasteiger partial charge in [0.1, 0.15) is 11.9 Å². The molecule has 0 spiro atoms. The minimum atomic E-state index is -0.232. The molecule has 0 aliphatic carbocycles. The van der Waals surface area contributed by atoms with Crippen molar-refractivity contribution in [2.45, 2.75) is 19.3 Å². The summed E-state index contributed by atoms with van der Waals surface area (Å²) in [5, 5.41) is 0. The van der Waals surface area contributed by atoms with Crippen molar-refractivity contribution in [1.82, 2.24) is 13.3 Å². The number of halogens is 3. The van der Waals surface area contributed by atoms with E-state index in [1.807, 2.05) is 31.2 Å². The second-order valence-corrected chi connectivity index (χ2v) is 5.32. The van der Waals surface area contributed by atoms with Crippen molar-refractivity contribution in [3.63, 3.8) is 0 Å². The fraction of sp³-hybridized carbons (Fsp3) is 0.455. The van der Waals surface area contributed by atoms with Crippen molar-refractivity contribution in [2.75, 3.05) is 13.8 Å². The minimum absolute atomic E-state index is 0.115. The molecule has 1 heterocycles. The SMILES string of the molecule is COc1ccc(C2N(Cl)CN(Cl)C(C)N2Cl)cc1. The van der Waals surface area contributed by atoms with Crippen LogP contribution in [-0.2, 0) is 0 Å². The van der Waals surface area contributed by atoms with Gasteiger partial charge in [-0.25, -0.2) is 0 Å². The van der Waals surface area contributed by atoms with Gasteiger partial charge in [-0.3, -0.25) is 0 Å². The Labute approximate surface area is 122 Å². The predicted molar refractivity (Wildman–Crippen MR) is 73.1 cm³/mol. The number of ether oxygens (including phenoxy) is 1. The molecule has 18 heavy (non-hydrogen) atoms. The van der Waals surface area contributed by atoms with Gasteiger partial charge in [0.25, 0.3) is 0 Å². The van der Waals surface area contributed by atoms with Crippen molar-refractivity contribution in [3.8, 4) is 5.75 Å². The van der Waals surface area contributed by atoms with Crippen LogP contribution in [-0.4, -0.2) is 33.2 Å². The first-order valence-corrected chi connectivity index (χ1v) is 6.49. The van der Waals surface area contributed by atoms with Crippen LogP contribution >= 0.6 is 35.3 Å². The first-order valence-electron chi connectivity index (χ1n) is 5.47. The molecule has 0 N–H and O–H groups in total. The van der Waals surface area contributed by atoms with Crippen LogP contribution < -0.4 is 4.74 Å². The lowest BCUT2D eigenvalue weighted by Gasteiger charge is -2.43. The fourth-order valence-corrected chi connectivity index (χ4v) is 2.85. The van der Waals surface area contributed by atoms with Gasteiger partial charge >= 0.3 is 0 Å². The van der Waals surface area contributed by atoms with Crippen molar-refractivity contribution in [3.05, 3.63) is 29.8 Å². The number of hydrogen-bond acceptors (Lipinski definition) is 4. The van der Waals surface area contributed by atoms with E-state index in [2.05, 4.69) is 0 Å². The largest absolute Gasteiger partial charge is 0.497 e. The van der Waals surface area contributed by atoms with Crippen LogP contribution in [0.3, 0.4) is 0 Å². The Morgan fingerprint density at radius 2 is 1.72 bits per heavy atom. The Morgan fingerprint density at radius 3 is 2.28 bits per heavy atom. The summed E-state index contributed by atoms with van der Waals surface area (Å²) >= 11 is 18.5. The van der Waals surface area contributed by atoms with E-state index < -0.39 is 0 Å². The van der Waals surface area contributed by atoms with Gasteiger partial charge in [-0.05, 0) is 59.9 Å². The van der Waals surface area contributed by atoms with E-state index in [9.17, 15) is 0 Å². The highest BCUT2D eigenvalue weighted by Crippen LogP contribution is 2.36. The molecule has 1 aliphatic heterocycles. The Morgan fingerprint density at radius 1 is 1.11 bits per heavy atom. The van der Waals surface area contributed by atoms with Crippen molar-refractivity contribution in [1.29, 1.82) is 0 Å². The molecule has 0 bridgehead atoms. The summed E-state index contributed by atoms with van der Waals surface area (Å²) in [5.74, 6) is 0.795.